The van der Waals surface area contributed by atoms with Crippen LogP contribution in [0.1, 0.15) is 35.6 Å². The molecule has 0 aromatic heterocycles. The normalized spacial score (nSPS) is 17.7. The molecule has 0 saturated heterocycles. The highest BCUT2D eigenvalue weighted by Gasteiger charge is 2.43. The van der Waals surface area contributed by atoms with Gasteiger partial charge in [-0.3, -0.25) is 4.79 Å². The zero-order valence-corrected chi connectivity index (χ0v) is 16.6. The van der Waals surface area contributed by atoms with Crippen LogP contribution in [0.15, 0.2) is 30.3 Å². The first-order valence-electron chi connectivity index (χ1n) is 9.79. The first-order valence-corrected chi connectivity index (χ1v) is 9.79. The molecule has 0 spiro atoms. The number of hydrogen-bond acceptors (Lipinski definition) is 6. The smallest absolute Gasteiger partial charge is 0.262 e. The summed E-state index contributed by atoms with van der Waals surface area (Å²) in [5, 5.41) is 26.7. The van der Waals surface area contributed by atoms with Crippen molar-refractivity contribution >= 4 is 11.6 Å². The maximum atomic E-state index is 11.5. The minimum Gasteiger partial charge on any atom is -0.506 e. The molecule has 7 nitrogen and oxygen atoms in total. The number of phenolic OH excluding ortho intramolecular Hbond substituents is 1. The van der Waals surface area contributed by atoms with E-state index in [4.69, 9.17) is 9.47 Å². The molecule has 1 unspecified atom stereocenters. The molecule has 1 fully saturated rings. The van der Waals surface area contributed by atoms with Crippen LogP contribution in [0.3, 0.4) is 0 Å². The number of nitrogens with one attached hydrogen (secondary N) is 2. The fraction of sp³-hybridized carbons (Fsp3) is 0.409. The molecule has 29 heavy (non-hydrogen) atoms. The predicted molar refractivity (Wildman–Crippen MR) is 109 cm³/mol. The van der Waals surface area contributed by atoms with Gasteiger partial charge in [0.1, 0.15) is 23.8 Å². The quantitative estimate of drug-likeness (QED) is 0.535. The van der Waals surface area contributed by atoms with Crippen LogP contribution in [0.2, 0.25) is 0 Å². The van der Waals surface area contributed by atoms with E-state index in [-0.39, 0.29) is 29.5 Å². The molecule has 4 rings (SSSR count). The number of carbonyl (C=O) groups is 1. The average Bonchev–Trinajstić information content (AvgIpc) is 3.47. The predicted octanol–water partition coefficient (Wildman–Crippen LogP) is 2.57. The number of carbonyl (C=O) groups excluding carboxylic acids is 1. The van der Waals surface area contributed by atoms with Gasteiger partial charge in [0.05, 0.1) is 11.6 Å². The van der Waals surface area contributed by atoms with Crippen molar-refractivity contribution in [3.63, 3.8) is 0 Å². The molecule has 2 aliphatic rings. The lowest BCUT2D eigenvalue weighted by Gasteiger charge is -2.25. The van der Waals surface area contributed by atoms with Crippen molar-refractivity contribution in [2.45, 2.75) is 38.3 Å². The van der Waals surface area contributed by atoms with Crippen LogP contribution in [0.5, 0.6) is 17.2 Å². The second kappa shape index (κ2) is 7.57. The molecule has 0 radical (unpaired) electrons. The van der Waals surface area contributed by atoms with Gasteiger partial charge >= 0.3 is 0 Å². The molecule has 1 saturated carbocycles. The lowest BCUT2D eigenvalue weighted by Crippen LogP contribution is -2.39. The molecule has 1 amide bonds. The first-order chi connectivity index (χ1) is 13.9. The highest BCUT2D eigenvalue weighted by atomic mass is 16.5. The van der Waals surface area contributed by atoms with Gasteiger partial charge in [-0.1, -0.05) is 18.2 Å². The number of para-hydroxylation sites is 1. The Morgan fingerprint density at radius 2 is 1.97 bits per heavy atom. The maximum Gasteiger partial charge on any atom is 0.262 e. The van der Waals surface area contributed by atoms with Crippen LogP contribution in [0.4, 0.5) is 5.69 Å². The molecule has 7 heteroatoms. The van der Waals surface area contributed by atoms with Crippen molar-refractivity contribution in [3.8, 4) is 17.2 Å². The summed E-state index contributed by atoms with van der Waals surface area (Å²) in [5.74, 6) is 0.809. The number of β-amino-alcohol motifs (C(OH)–C–C–N with tert-alkyl or cyclic N) is 1. The molecular formula is C22H26N2O5. The molecular weight excluding hydrogens is 372 g/mol. The summed E-state index contributed by atoms with van der Waals surface area (Å²) in [6.45, 7) is 4.77. The molecule has 154 valence electrons. The third-order valence-electron chi connectivity index (χ3n) is 5.56. The number of ether oxygens (including phenoxy) is 2. The number of aromatic hydroxyl groups is 1. The lowest BCUT2D eigenvalue weighted by atomic mass is 10.0. The van der Waals surface area contributed by atoms with E-state index in [1.165, 1.54) is 6.07 Å². The summed E-state index contributed by atoms with van der Waals surface area (Å²) in [6.07, 6.45) is 1.10. The highest BCUT2D eigenvalue weighted by molar-refractivity contribution is 5.97. The number of aliphatic hydroxyl groups is 1. The summed E-state index contributed by atoms with van der Waals surface area (Å²) in [4.78, 5) is 11.5. The standard InChI is InChI=1S/C22H26N2O5/c1-13-4-3-5-14(2)20(13)29-12-22(8-9-22)23-10-17(26)15-6-7-16(25)19-21(15)28-11-18(27)24-19/h3-7,17,23,25-26H,8-12H2,1-2H3,(H,24,27). The van der Waals surface area contributed by atoms with Crippen LogP contribution >= 0.6 is 0 Å². The van der Waals surface area contributed by atoms with E-state index < -0.39 is 6.10 Å². The van der Waals surface area contributed by atoms with Crippen LogP contribution < -0.4 is 20.1 Å². The fourth-order valence-electron chi connectivity index (χ4n) is 3.62. The van der Waals surface area contributed by atoms with Gasteiger partial charge in [-0.2, -0.15) is 0 Å². The van der Waals surface area contributed by atoms with Gasteiger partial charge in [0.25, 0.3) is 5.91 Å². The molecule has 1 atom stereocenters. The molecule has 2 aromatic rings. The fourth-order valence-corrected chi connectivity index (χ4v) is 3.62. The van der Waals surface area contributed by atoms with Crippen molar-refractivity contribution in [2.75, 3.05) is 25.1 Å². The Balaban J connectivity index is 1.40. The van der Waals surface area contributed by atoms with Gasteiger partial charge in [0.2, 0.25) is 0 Å². The summed E-state index contributed by atoms with van der Waals surface area (Å²) in [7, 11) is 0. The van der Waals surface area contributed by atoms with Gasteiger partial charge in [0, 0.05) is 12.1 Å². The minimum absolute atomic E-state index is 0.0855. The Morgan fingerprint density at radius 3 is 2.66 bits per heavy atom. The van der Waals surface area contributed by atoms with Gasteiger partial charge in [0.15, 0.2) is 12.4 Å². The molecule has 0 bridgehead atoms. The maximum absolute atomic E-state index is 11.5. The number of aryl methyl sites for hydroxylation is 2. The van der Waals surface area contributed by atoms with Gasteiger partial charge in [-0.25, -0.2) is 0 Å². The summed E-state index contributed by atoms with van der Waals surface area (Å²) >= 11 is 0. The Morgan fingerprint density at radius 1 is 1.24 bits per heavy atom. The van der Waals surface area contributed by atoms with Crippen molar-refractivity contribution in [1.82, 2.24) is 5.32 Å². The highest BCUT2D eigenvalue weighted by Crippen LogP contribution is 2.42. The van der Waals surface area contributed by atoms with Crippen molar-refractivity contribution in [3.05, 3.63) is 47.0 Å². The molecule has 1 heterocycles. The lowest BCUT2D eigenvalue weighted by molar-refractivity contribution is -0.118. The summed E-state index contributed by atoms with van der Waals surface area (Å²) < 4.78 is 11.6. The number of anilines is 1. The van der Waals surface area contributed by atoms with Crippen molar-refractivity contribution < 1.29 is 24.5 Å². The summed E-state index contributed by atoms with van der Waals surface area (Å²) in [5.41, 5.74) is 2.79. The van der Waals surface area contributed by atoms with Crippen LogP contribution in [-0.2, 0) is 4.79 Å². The molecule has 4 N–H and O–H groups in total. The number of phenols is 1. The molecule has 1 aliphatic heterocycles. The molecule has 1 aliphatic carbocycles. The first kappa shape index (κ1) is 19.5. The van der Waals surface area contributed by atoms with E-state index >= 15 is 0 Å². The van der Waals surface area contributed by atoms with E-state index in [0.29, 0.717) is 24.5 Å². The number of fused-ring (bicyclic) bond motifs is 1. The van der Waals surface area contributed by atoms with Crippen LogP contribution in [0, 0.1) is 13.8 Å². The summed E-state index contributed by atoms with van der Waals surface area (Å²) in [6, 6.07) is 9.15. The second-order valence-corrected chi connectivity index (χ2v) is 7.90. The van der Waals surface area contributed by atoms with E-state index in [9.17, 15) is 15.0 Å². The van der Waals surface area contributed by atoms with E-state index in [1.54, 1.807) is 6.07 Å². The Hall–Kier alpha value is -2.77. The monoisotopic (exact) mass is 398 g/mol. The topological polar surface area (TPSA) is 100 Å². The van der Waals surface area contributed by atoms with Crippen molar-refractivity contribution in [1.29, 1.82) is 0 Å². The van der Waals surface area contributed by atoms with Gasteiger partial charge in [-0.15, -0.1) is 0 Å². The third-order valence-corrected chi connectivity index (χ3v) is 5.56. The Kier molecular flexibility index (Phi) is 5.10. The third kappa shape index (κ3) is 4.02. The van der Waals surface area contributed by atoms with Gasteiger partial charge < -0.3 is 30.3 Å². The van der Waals surface area contributed by atoms with E-state index in [1.807, 2.05) is 32.0 Å². The minimum atomic E-state index is -0.850. The van der Waals surface area contributed by atoms with E-state index in [0.717, 1.165) is 29.7 Å². The van der Waals surface area contributed by atoms with Crippen LogP contribution in [0.25, 0.3) is 0 Å². The van der Waals surface area contributed by atoms with E-state index in [2.05, 4.69) is 10.6 Å². The average molecular weight is 398 g/mol. The number of rotatable bonds is 7. The Labute approximate surface area is 169 Å². The second-order valence-electron chi connectivity index (χ2n) is 7.90. The van der Waals surface area contributed by atoms with Gasteiger partial charge in [-0.05, 0) is 49.9 Å². The number of hydrogen-bond donors (Lipinski definition) is 4. The largest absolute Gasteiger partial charge is 0.506 e. The Bertz CT molecular complexity index is 919. The number of benzene rings is 2. The molecule has 2 aromatic carbocycles. The zero-order chi connectivity index (χ0) is 20.6. The zero-order valence-electron chi connectivity index (χ0n) is 16.6. The van der Waals surface area contributed by atoms with Crippen molar-refractivity contribution in [2.24, 2.45) is 0 Å². The number of aliphatic hydroxyl groups excluding tert-OH is 1. The number of amides is 1. The van der Waals surface area contributed by atoms with Crippen LogP contribution in [-0.4, -0.2) is 41.4 Å². The SMILES string of the molecule is Cc1cccc(C)c1OCC1(NCC(O)c2ccc(O)c3c2OCC(=O)N3)CC1.